The smallest absolute Gasteiger partial charge is 0.249 e. The molecule has 3 aromatic carbocycles. The Bertz CT molecular complexity index is 1660. The van der Waals surface area contributed by atoms with Crippen LogP contribution in [0.5, 0.6) is 0 Å². The van der Waals surface area contributed by atoms with Gasteiger partial charge in [0.15, 0.2) is 0 Å². The van der Waals surface area contributed by atoms with E-state index in [0.29, 0.717) is 13.0 Å². The van der Waals surface area contributed by atoms with Crippen molar-refractivity contribution < 1.29 is 9.59 Å². The lowest BCUT2D eigenvalue weighted by atomic mass is 10.00. The number of nitrogens with zero attached hydrogens (tertiary/aromatic N) is 3. The molecule has 2 amide bonds. The number of pyridine rings is 1. The molecular formula is C35H36N4O2. The van der Waals surface area contributed by atoms with Crippen molar-refractivity contribution in [2.75, 3.05) is 11.9 Å². The van der Waals surface area contributed by atoms with Crippen LogP contribution in [0.1, 0.15) is 33.5 Å². The van der Waals surface area contributed by atoms with Gasteiger partial charge in [-0.3, -0.25) is 14.6 Å². The summed E-state index contributed by atoms with van der Waals surface area (Å²) in [5, 5.41) is 4.21. The lowest BCUT2D eigenvalue weighted by molar-refractivity contribution is -0.127. The summed E-state index contributed by atoms with van der Waals surface area (Å²) >= 11 is 0. The fraction of sp³-hybridized carbons (Fsp3) is 0.229. The van der Waals surface area contributed by atoms with Crippen molar-refractivity contribution in [1.29, 1.82) is 0 Å². The molecule has 1 atom stereocenters. The number of carbonyl (C=O) groups excluding carboxylic acids is 2. The van der Waals surface area contributed by atoms with Gasteiger partial charge in [0.25, 0.3) is 0 Å². The van der Waals surface area contributed by atoms with Crippen LogP contribution in [-0.2, 0) is 29.0 Å². The average Bonchev–Trinajstić information content (AvgIpc) is 3.27. The minimum Gasteiger partial charge on any atom is -0.344 e. The van der Waals surface area contributed by atoms with E-state index in [9.17, 15) is 9.59 Å². The highest BCUT2D eigenvalue weighted by Crippen LogP contribution is 2.32. The second-order valence-corrected chi connectivity index (χ2v) is 10.7. The molecule has 0 spiro atoms. The predicted octanol–water partition coefficient (Wildman–Crippen LogP) is 5.94. The highest BCUT2D eigenvalue weighted by atomic mass is 16.2. The Hall–Kier alpha value is -4.71. The molecule has 0 aliphatic carbocycles. The molecule has 0 unspecified atom stereocenters. The third-order valence-corrected chi connectivity index (χ3v) is 7.79. The number of hydrogen-bond acceptors (Lipinski definition) is 3. The molecule has 0 saturated heterocycles. The highest BCUT2D eigenvalue weighted by Gasteiger charge is 2.27. The molecule has 5 aromatic rings. The van der Waals surface area contributed by atoms with Gasteiger partial charge in [0.2, 0.25) is 11.8 Å². The van der Waals surface area contributed by atoms with Crippen LogP contribution < -0.4 is 10.2 Å². The Labute approximate surface area is 241 Å². The maximum absolute atomic E-state index is 13.7. The topological polar surface area (TPSA) is 67.2 Å². The second kappa shape index (κ2) is 12.2. The van der Waals surface area contributed by atoms with Gasteiger partial charge in [-0.1, -0.05) is 66.7 Å². The van der Waals surface area contributed by atoms with E-state index in [4.69, 9.17) is 0 Å². The molecule has 6 nitrogen and oxygen atoms in total. The summed E-state index contributed by atoms with van der Waals surface area (Å²) in [6.07, 6.45) is 4.24. The SMILES string of the molecule is Cc1ccc(C)c2c1c(CC(=O)N[C@@H](Cc1ccccc1)C(=O)N(C)c1ccccc1)c(C)n2Cc1cccnc1. The van der Waals surface area contributed by atoms with Crippen LogP contribution in [0.4, 0.5) is 5.69 Å². The number of hydrogen-bond donors (Lipinski definition) is 1. The number of para-hydroxylation sites is 1. The number of anilines is 1. The Morgan fingerprint density at radius 1 is 0.854 bits per heavy atom. The van der Waals surface area contributed by atoms with E-state index in [1.165, 1.54) is 0 Å². The first-order valence-electron chi connectivity index (χ1n) is 14.0. The van der Waals surface area contributed by atoms with Crippen LogP contribution in [0.3, 0.4) is 0 Å². The van der Waals surface area contributed by atoms with Crippen LogP contribution in [-0.4, -0.2) is 34.5 Å². The molecular weight excluding hydrogens is 508 g/mol. The maximum Gasteiger partial charge on any atom is 0.249 e. The third-order valence-electron chi connectivity index (χ3n) is 7.79. The third kappa shape index (κ3) is 6.07. The average molecular weight is 545 g/mol. The number of fused-ring (bicyclic) bond motifs is 1. The molecule has 0 fully saturated rings. The molecule has 0 aliphatic heterocycles. The Morgan fingerprint density at radius 2 is 1.51 bits per heavy atom. The van der Waals surface area contributed by atoms with Crippen molar-refractivity contribution in [3.8, 4) is 0 Å². The van der Waals surface area contributed by atoms with E-state index in [2.05, 4.69) is 53.8 Å². The Morgan fingerprint density at radius 3 is 2.20 bits per heavy atom. The summed E-state index contributed by atoms with van der Waals surface area (Å²) < 4.78 is 2.28. The van der Waals surface area contributed by atoms with Gasteiger partial charge in [-0.2, -0.15) is 0 Å². The summed E-state index contributed by atoms with van der Waals surface area (Å²) in [5.41, 5.74) is 8.33. The van der Waals surface area contributed by atoms with E-state index in [1.807, 2.05) is 72.9 Å². The summed E-state index contributed by atoms with van der Waals surface area (Å²) in [4.78, 5) is 33.4. The molecule has 6 heteroatoms. The zero-order chi connectivity index (χ0) is 28.9. The lowest BCUT2D eigenvalue weighted by Crippen LogP contribution is -2.49. The molecule has 2 heterocycles. The van der Waals surface area contributed by atoms with Gasteiger partial charge in [-0.05, 0) is 66.8 Å². The maximum atomic E-state index is 13.7. The lowest BCUT2D eigenvalue weighted by Gasteiger charge is -2.25. The first kappa shape index (κ1) is 27.8. The predicted molar refractivity (Wildman–Crippen MR) is 165 cm³/mol. The van der Waals surface area contributed by atoms with E-state index < -0.39 is 6.04 Å². The number of carbonyl (C=O) groups is 2. The molecule has 5 rings (SSSR count). The largest absolute Gasteiger partial charge is 0.344 e. The fourth-order valence-electron chi connectivity index (χ4n) is 5.59. The molecule has 0 radical (unpaired) electrons. The molecule has 0 aliphatic rings. The van der Waals surface area contributed by atoms with Crippen molar-refractivity contribution in [2.45, 2.75) is 46.2 Å². The molecule has 41 heavy (non-hydrogen) atoms. The summed E-state index contributed by atoms with van der Waals surface area (Å²) in [7, 11) is 1.75. The van der Waals surface area contributed by atoms with Crippen LogP contribution >= 0.6 is 0 Å². The fourth-order valence-corrected chi connectivity index (χ4v) is 5.59. The minimum atomic E-state index is -0.706. The normalized spacial score (nSPS) is 11.8. The van der Waals surface area contributed by atoms with Crippen molar-refractivity contribution >= 4 is 28.4 Å². The number of likely N-dealkylation sites (N-methyl/N-ethyl adjacent to an activating group) is 1. The van der Waals surface area contributed by atoms with Crippen LogP contribution in [0, 0.1) is 20.8 Å². The molecule has 0 bridgehead atoms. The van der Waals surface area contributed by atoms with Gasteiger partial charge in [-0.15, -0.1) is 0 Å². The van der Waals surface area contributed by atoms with Gasteiger partial charge in [-0.25, -0.2) is 0 Å². The van der Waals surface area contributed by atoms with Crippen molar-refractivity contribution in [2.24, 2.45) is 0 Å². The van der Waals surface area contributed by atoms with Crippen LogP contribution in [0.15, 0.2) is 97.3 Å². The zero-order valence-electron chi connectivity index (χ0n) is 24.1. The monoisotopic (exact) mass is 544 g/mol. The van der Waals surface area contributed by atoms with E-state index in [-0.39, 0.29) is 18.2 Å². The van der Waals surface area contributed by atoms with Crippen molar-refractivity contribution in [3.05, 3.63) is 131 Å². The van der Waals surface area contributed by atoms with Gasteiger partial charge in [0.1, 0.15) is 6.04 Å². The van der Waals surface area contributed by atoms with Crippen molar-refractivity contribution in [3.63, 3.8) is 0 Å². The van der Waals surface area contributed by atoms with Crippen LogP contribution in [0.25, 0.3) is 10.9 Å². The van der Waals surface area contributed by atoms with E-state index in [0.717, 1.165) is 50.1 Å². The summed E-state index contributed by atoms with van der Waals surface area (Å²) in [5.74, 6) is -0.332. The van der Waals surface area contributed by atoms with Gasteiger partial charge < -0.3 is 14.8 Å². The number of benzene rings is 3. The van der Waals surface area contributed by atoms with Crippen molar-refractivity contribution in [1.82, 2.24) is 14.9 Å². The standard InChI is InChI=1S/C35H36N4O2/c1-24-17-18-25(2)34-33(24)30(26(3)39(34)23-28-14-11-19-36-22-28)21-32(40)37-31(20-27-12-7-5-8-13-27)35(41)38(4)29-15-9-6-10-16-29/h5-19,22,31H,20-21,23H2,1-4H3,(H,37,40)/t31-/m0/s1. The molecule has 1 N–H and O–H groups in total. The number of aryl methyl sites for hydroxylation is 2. The first-order valence-corrected chi connectivity index (χ1v) is 14.0. The van der Waals surface area contributed by atoms with E-state index in [1.54, 1.807) is 18.1 Å². The number of rotatable bonds is 9. The quantitative estimate of drug-likeness (QED) is 0.250. The Balaban J connectivity index is 1.46. The van der Waals surface area contributed by atoms with Gasteiger partial charge in [0.05, 0.1) is 11.9 Å². The highest BCUT2D eigenvalue weighted by molar-refractivity contribution is 6.00. The minimum absolute atomic E-state index is 0.156. The second-order valence-electron chi connectivity index (χ2n) is 10.7. The zero-order valence-corrected chi connectivity index (χ0v) is 24.1. The van der Waals surface area contributed by atoms with Gasteiger partial charge >= 0.3 is 0 Å². The van der Waals surface area contributed by atoms with Gasteiger partial charge in [0, 0.05) is 49.2 Å². The van der Waals surface area contributed by atoms with Crippen LogP contribution in [0.2, 0.25) is 0 Å². The number of nitrogens with one attached hydrogen (secondary N) is 1. The Kier molecular flexibility index (Phi) is 8.29. The summed E-state index contributed by atoms with van der Waals surface area (Å²) in [6, 6.07) is 26.9. The first-order chi connectivity index (χ1) is 19.8. The number of amides is 2. The molecule has 2 aromatic heterocycles. The molecule has 208 valence electrons. The summed E-state index contributed by atoms with van der Waals surface area (Å²) in [6.45, 7) is 6.94. The number of aromatic nitrogens is 2. The van der Waals surface area contributed by atoms with E-state index >= 15 is 0 Å². The molecule has 0 saturated carbocycles.